The number of hydrogen-bond donors (Lipinski definition) is 0. The first-order valence-corrected chi connectivity index (χ1v) is 6.53. The van der Waals surface area contributed by atoms with Crippen LogP contribution in [-0.4, -0.2) is 20.1 Å². The molecule has 2 aromatic rings. The number of anilines is 1. The molecule has 0 radical (unpaired) electrons. The van der Waals surface area contributed by atoms with Crippen molar-refractivity contribution in [2.24, 2.45) is 0 Å². The maximum atomic E-state index is 11.4. The molecule has 0 bridgehead atoms. The summed E-state index contributed by atoms with van der Waals surface area (Å²) in [6.45, 7) is 0.653. The van der Waals surface area contributed by atoms with Crippen molar-refractivity contribution in [3.8, 4) is 6.07 Å². The number of para-hydroxylation sites is 1. The number of rotatable bonds is 4. The molecule has 106 valence electrons. The summed E-state index contributed by atoms with van der Waals surface area (Å²) < 4.78 is 4.67. The van der Waals surface area contributed by atoms with Crippen LogP contribution in [0.3, 0.4) is 0 Å². The molecule has 0 spiro atoms. The average molecular weight is 280 g/mol. The molecule has 0 aliphatic heterocycles. The smallest absolute Gasteiger partial charge is 0.337 e. The maximum Gasteiger partial charge on any atom is 0.337 e. The van der Waals surface area contributed by atoms with E-state index in [-0.39, 0.29) is 5.97 Å². The lowest BCUT2D eigenvalue weighted by Gasteiger charge is -2.20. The van der Waals surface area contributed by atoms with E-state index in [2.05, 4.69) is 10.8 Å². The van der Waals surface area contributed by atoms with Crippen molar-refractivity contribution in [1.82, 2.24) is 0 Å². The molecule has 2 aromatic carbocycles. The number of ether oxygens (including phenoxy) is 1. The van der Waals surface area contributed by atoms with Crippen molar-refractivity contribution in [2.45, 2.75) is 6.54 Å². The zero-order chi connectivity index (χ0) is 15.2. The second kappa shape index (κ2) is 6.58. The molecule has 0 fully saturated rings. The van der Waals surface area contributed by atoms with Crippen molar-refractivity contribution in [2.75, 3.05) is 19.1 Å². The Hall–Kier alpha value is -2.80. The van der Waals surface area contributed by atoms with E-state index >= 15 is 0 Å². The Kier molecular flexibility index (Phi) is 4.57. The second-order valence-corrected chi connectivity index (χ2v) is 4.67. The SMILES string of the molecule is COC(=O)c1ccc(CN(C)c2ccccc2C#N)cc1. The number of carbonyl (C=O) groups excluding carboxylic acids is 1. The van der Waals surface area contributed by atoms with Crippen LogP contribution >= 0.6 is 0 Å². The van der Waals surface area contributed by atoms with Crippen LogP contribution in [-0.2, 0) is 11.3 Å². The predicted octanol–water partition coefficient (Wildman–Crippen LogP) is 2.98. The van der Waals surface area contributed by atoms with Gasteiger partial charge in [-0.1, -0.05) is 24.3 Å². The van der Waals surface area contributed by atoms with Crippen molar-refractivity contribution in [3.05, 3.63) is 65.2 Å². The first-order valence-electron chi connectivity index (χ1n) is 6.53. The van der Waals surface area contributed by atoms with Crippen LogP contribution in [0.2, 0.25) is 0 Å². The normalized spacial score (nSPS) is 9.76. The summed E-state index contributed by atoms with van der Waals surface area (Å²) in [4.78, 5) is 13.4. The molecule has 0 unspecified atom stereocenters. The fourth-order valence-corrected chi connectivity index (χ4v) is 2.12. The van der Waals surface area contributed by atoms with Gasteiger partial charge in [0.05, 0.1) is 23.9 Å². The molecular weight excluding hydrogens is 264 g/mol. The van der Waals surface area contributed by atoms with Gasteiger partial charge in [0.1, 0.15) is 6.07 Å². The van der Waals surface area contributed by atoms with Gasteiger partial charge < -0.3 is 9.64 Å². The lowest BCUT2D eigenvalue weighted by atomic mass is 10.1. The molecular formula is C17H16N2O2. The molecule has 21 heavy (non-hydrogen) atoms. The first-order chi connectivity index (χ1) is 10.2. The van der Waals surface area contributed by atoms with E-state index in [0.29, 0.717) is 17.7 Å². The standard InChI is InChI=1S/C17H16N2O2/c1-19(16-6-4-3-5-15(16)11-18)12-13-7-9-14(10-8-13)17(20)21-2/h3-10H,12H2,1-2H3. The monoisotopic (exact) mass is 280 g/mol. The quantitative estimate of drug-likeness (QED) is 0.808. The number of nitrogens with zero attached hydrogens (tertiary/aromatic N) is 2. The van der Waals surface area contributed by atoms with Gasteiger partial charge in [-0.25, -0.2) is 4.79 Å². The van der Waals surface area contributed by atoms with Crippen molar-refractivity contribution in [1.29, 1.82) is 5.26 Å². The van der Waals surface area contributed by atoms with E-state index in [1.807, 2.05) is 42.3 Å². The van der Waals surface area contributed by atoms with Gasteiger partial charge >= 0.3 is 5.97 Å². The predicted molar refractivity (Wildman–Crippen MR) is 81.0 cm³/mol. The maximum absolute atomic E-state index is 11.4. The Bertz CT molecular complexity index is 672. The van der Waals surface area contributed by atoms with E-state index in [1.165, 1.54) is 7.11 Å². The summed E-state index contributed by atoms with van der Waals surface area (Å²) in [7, 11) is 3.30. The molecule has 0 saturated heterocycles. The fourth-order valence-electron chi connectivity index (χ4n) is 2.12. The van der Waals surface area contributed by atoms with Gasteiger partial charge in [0, 0.05) is 13.6 Å². The molecule has 0 N–H and O–H groups in total. The third kappa shape index (κ3) is 3.40. The van der Waals surface area contributed by atoms with Crippen LogP contribution in [0.25, 0.3) is 0 Å². The van der Waals surface area contributed by atoms with Gasteiger partial charge in [0.25, 0.3) is 0 Å². The minimum Gasteiger partial charge on any atom is -0.465 e. The van der Waals surface area contributed by atoms with Crippen LogP contribution in [0.1, 0.15) is 21.5 Å². The highest BCUT2D eigenvalue weighted by Gasteiger charge is 2.08. The minimum atomic E-state index is -0.343. The molecule has 0 aliphatic carbocycles. The van der Waals surface area contributed by atoms with Gasteiger partial charge in [0.15, 0.2) is 0 Å². The highest BCUT2D eigenvalue weighted by atomic mass is 16.5. The minimum absolute atomic E-state index is 0.343. The van der Waals surface area contributed by atoms with Gasteiger partial charge in [-0.15, -0.1) is 0 Å². The van der Waals surface area contributed by atoms with Crippen LogP contribution in [0.4, 0.5) is 5.69 Å². The summed E-state index contributed by atoms with van der Waals surface area (Å²) in [5.41, 5.74) is 3.11. The van der Waals surface area contributed by atoms with Gasteiger partial charge in [0.2, 0.25) is 0 Å². The molecule has 0 amide bonds. The summed E-state index contributed by atoms with van der Waals surface area (Å²) in [6.07, 6.45) is 0. The largest absolute Gasteiger partial charge is 0.465 e. The van der Waals surface area contributed by atoms with Gasteiger partial charge in [-0.2, -0.15) is 5.26 Å². The molecule has 0 saturated carbocycles. The summed E-state index contributed by atoms with van der Waals surface area (Å²) in [5.74, 6) is -0.343. The molecule has 2 rings (SSSR count). The number of benzene rings is 2. The van der Waals surface area contributed by atoms with Crippen molar-refractivity contribution in [3.63, 3.8) is 0 Å². The van der Waals surface area contributed by atoms with E-state index in [9.17, 15) is 4.79 Å². The zero-order valence-corrected chi connectivity index (χ0v) is 12.0. The third-order valence-electron chi connectivity index (χ3n) is 3.23. The lowest BCUT2D eigenvalue weighted by Crippen LogP contribution is -2.17. The molecule has 0 aliphatic rings. The Morgan fingerprint density at radius 1 is 1.19 bits per heavy atom. The molecule has 4 heteroatoms. The summed E-state index contributed by atoms with van der Waals surface area (Å²) in [5, 5.41) is 9.13. The van der Waals surface area contributed by atoms with Crippen LogP contribution in [0, 0.1) is 11.3 Å². The van der Waals surface area contributed by atoms with Crippen LogP contribution in [0.5, 0.6) is 0 Å². The Labute approximate surface area is 124 Å². The number of hydrogen-bond acceptors (Lipinski definition) is 4. The van der Waals surface area contributed by atoms with Gasteiger partial charge in [-0.3, -0.25) is 0 Å². The van der Waals surface area contributed by atoms with E-state index < -0.39 is 0 Å². The number of methoxy groups -OCH3 is 1. The Morgan fingerprint density at radius 2 is 1.86 bits per heavy atom. The number of carbonyl (C=O) groups is 1. The Morgan fingerprint density at radius 3 is 2.48 bits per heavy atom. The summed E-state index contributed by atoms with van der Waals surface area (Å²) >= 11 is 0. The number of esters is 1. The summed E-state index contributed by atoms with van der Waals surface area (Å²) in [6, 6.07) is 16.9. The number of nitriles is 1. The third-order valence-corrected chi connectivity index (χ3v) is 3.23. The fraction of sp³-hybridized carbons (Fsp3) is 0.176. The van der Waals surface area contributed by atoms with Crippen molar-refractivity contribution < 1.29 is 9.53 Å². The molecule has 0 heterocycles. The van der Waals surface area contributed by atoms with Crippen molar-refractivity contribution >= 4 is 11.7 Å². The molecule has 0 atom stereocenters. The van der Waals surface area contributed by atoms with Gasteiger partial charge in [-0.05, 0) is 29.8 Å². The highest BCUT2D eigenvalue weighted by Crippen LogP contribution is 2.20. The second-order valence-electron chi connectivity index (χ2n) is 4.67. The average Bonchev–Trinajstić information content (AvgIpc) is 2.54. The Balaban J connectivity index is 2.14. The first kappa shape index (κ1) is 14.6. The van der Waals surface area contributed by atoms with E-state index in [0.717, 1.165) is 11.3 Å². The lowest BCUT2D eigenvalue weighted by molar-refractivity contribution is 0.0600. The van der Waals surface area contributed by atoms with E-state index in [1.54, 1.807) is 18.2 Å². The van der Waals surface area contributed by atoms with E-state index in [4.69, 9.17) is 5.26 Å². The highest BCUT2D eigenvalue weighted by molar-refractivity contribution is 5.89. The van der Waals surface area contributed by atoms with Crippen LogP contribution < -0.4 is 4.90 Å². The van der Waals surface area contributed by atoms with Crippen LogP contribution in [0.15, 0.2) is 48.5 Å². The topological polar surface area (TPSA) is 53.3 Å². The molecule has 4 nitrogen and oxygen atoms in total. The molecule has 0 aromatic heterocycles. The zero-order valence-electron chi connectivity index (χ0n) is 12.0.